The van der Waals surface area contributed by atoms with Crippen molar-refractivity contribution in [2.24, 2.45) is 0 Å². The molecule has 0 fully saturated rings. The molecule has 0 amide bonds. The quantitative estimate of drug-likeness (QED) is 0.320. The lowest BCUT2D eigenvalue weighted by Crippen LogP contribution is -2.46. The molecule has 0 aliphatic carbocycles. The van der Waals surface area contributed by atoms with Crippen LogP contribution in [0.2, 0.25) is 0 Å². The Labute approximate surface area is 170 Å². The summed E-state index contributed by atoms with van der Waals surface area (Å²) in [5.74, 6) is -1.86. The average molecular weight is 402 g/mol. The van der Waals surface area contributed by atoms with Gasteiger partial charge in [-0.2, -0.15) is 0 Å². The number of hydrogen-bond acceptors (Lipinski definition) is 5. The molecule has 2 rings (SSSR count). The van der Waals surface area contributed by atoms with Gasteiger partial charge in [-0.15, -0.1) is 0 Å². The fourth-order valence-corrected chi connectivity index (χ4v) is 3.11. The van der Waals surface area contributed by atoms with Gasteiger partial charge in [0, 0.05) is 6.61 Å². The van der Waals surface area contributed by atoms with E-state index in [1.54, 1.807) is 13.8 Å². The Morgan fingerprint density at radius 3 is 2.03 bits per heavy atom. The summed E-state index contributed by atoms with van der Waals surface area (Å²) in [6.07, 6.45) is 0.549. The number of benzene rings is 2. The molecule has 0 saturated heterocycles. The highest BCUT2D eigenvalue weighted by Gasteiger charge is 2.50. The SMILES string of the molecule is CCOC(=O)C(CCCOCc1ccccc1)(C(=O)OCC)c1ccc(F)cc1. The summed E-state index contributed by atoms with van der Waals surface area (Å²) in [5, 5.41) is 0. The van der Waals surface area contributed by atoms with Crippen LogP contribution >= 0.6 is 0 Å². The Morgan fingerprint density at radius 2 is 1.48 bits per heavy atom. The van der Waals surface area contributed by atoms with Gasteiger partial charge < -0.3 is 14.2 Å². The van der Waals surface area contributed by atoms with E-state index in [0.29, 0.717) is 25.2 Å². The molecular weight excluding hydrogens is 375 g/mol. The molecule has 0 bridgehead atoms. The van der Waals surface area contributed by atoms with Gasteiger partial charge in [0.15, 0.2) is 5.41 Å². The number of carbonyl (C=O) groups is 2. The van der Waals surface area contributed by atoms with Gasteiger partial charge in [-0.25, -0.2) is 4.39 Å². The molecule has 0 N–H and O–H groups in total. The summed E-state index contributed by atoms with van der Waals surface area (Å²) in [6, 6.07) is 15.0. The van der Waals surface area contributed by atoms with Crippen molar-refractivity contribution in [3.63, 3.8) is 0 Å². The van der Waals surface area contributed by atoms with Crippen LogP contribution in [0.5, 0.6) is 0 Å². The second-order valence-corrected chi connectivity index (χ2v) is 6.49. The van der Waals surface area contributed by atoms with E-state index in [4.69, 9.17) is 14.2 Å². The average Bonchev–Trinajstić information content (AvgIpc) is 2.72. The van der Waals surface area contributed by atoms with Crippen LogP contribution in [0.25, 0.3) is 0 Å². The van der Waals surface area contributed by atoms with Crippen LogP contribution in [-0.4, -0.2) is 31.8 Å². The molecule has 2 aromatic carbocycles. The van der Waals surface area contributed by atoms with Gasteiger partial charge in [0.2, 0.25) is 0 Å². The molecular formula is C23H27FO5. The van der Waals surface area contributed by atoms with Gasteiger partial charge >= 0.3 is 11.9 Å². The third kappa shape index (κ3) is 5.87. The molecule has 0 atom stereocenters. The van der Waals surface area contributed by atoms with Gasteiger partial charge in [0.05, 0.1) is 19.8 Å². The minimum atomic E-state index is -1.66. The third-order valence-corrected chi connectivity index (χ3v) is 4.54. The highest BCUT2D eigenvalue weighted by atomic mass is 19.1. The van der Waals surface area contributed by atoms with Crippen molar-refractivity contribution in [3.05, 3.63) is 71.5 Å². The topological polar surface area (TPSA) is 61.8 Å². The maximum Gasteiger partial charge on any atom is 0.328 e. The number of carbonyl (C=O) groups excluding carboxylic acids is 2. The molecule has 156 valence electrons. The number of halogens is 1. The lowest BCUT2D eigenvalue weighted by atomic mass is 9.76. The number of rotatable bonds is 11. The Kier molecular flexibility index (Phi) is 8.80. The summed E-state index contributed by atoms with van der Waals surface area (Å²) in [6.45, 7) is 4.35. The van der Waals surface area contributed by atoms with E-state index in [1.165, 1.54) is 24.3 Å². The molecule has 6 heteroatoms. The van der Waals surface area contributed by atoms with E-state index in [0.717, 1.165) is 5.56 Å². The Morgan fingerprint density at radius 1 is 0.897 bits per heavy atom. The van der Waals surface area contributed by atoms with E-state index in [-0.39, 0.29) is 19.6 Å². The summed E-state index contributed by atoms with van der Waals surface area (Å²) in [5.41, 5.74) is -0.275. The van der Waals surface area contributed by atoms with Crippen molar-refractivity contribution < 1.29 is 28.2 Å². The first-order valence-electron chi connectivity index (χ1n) is 9.76. The van der Waals surface area contributed by atoms with Gasteiger partial charge in [-0.1, -0.05) is 42.5 Å². The van der Waals surface area contributed by atoms with Gasteiger partial charge in [-0.05, 0) is 49.9 Å². The fraction of sp³-hybridized carbons (Fsp3) is 0.391. The minimum Gasteiger partial charge on any atom is -0.465 e. The molecule has 0 radical (unpaired) electrons. The summed E-state index contributed by atoms with van der Waals surface area (Å²) in [7, 11) is 0. The summed E-state index contributed by atoms with van der Waals surface area (Å²) < 4.78 is 29.5. The molecule has 0 saturated carbocycles. The predicted octanol–water partition coefficient (Wildman–Crippen LogP) is 4.19. The maximum absolute atomic E-state index is 13.4. The largest absolute Gasteiger partial charge is 0.465 e. The zero-order valence-corrected chi connectivity index (χ0v) is 16.9. The van der Waals surface area contributed by atoms with Crippen molar-refractivity contribution in [3.8, 4) is 0 Å². The summed E-state index contributed by atoms with van der Waals surface area (Å²) in [4.78, 5) is 25.8. The van der Waals surface area contributed by atoms with E-state index in [1.807, 2.05) is 30.3 Å². The molecule has 0 aromatic heterocycles. The summed E-state index contributed by atoms with van der Waals surface area (Å²) >= 11 is 0. The van der Waals surface area contributed by atoms with E-state index >= 15 is 0 Å². The van der Waals surface area contributed by atoms with Crippen molar-refractivity contribution >= 4 is 11.9 Å². The highest BCUT2D eigenvalue weighted by molar-refractivity contribution is 6.06. The molecule has 0 aliphatic rings. The second kappa shape index (κ2) is 11.3. The third-order valence-electron chi connectivity index (χ3n) is 4.54. The van der Waals surface area contributed by atoms with Gasteiger partial charge in [0.1, 0.15) is 5.82 Å². The van der Waals surface area contributed by atoms with Crippen LogP contribution in [0.15, 0.2) is 54.6 Å². The van der Waals surface area contributed by atoms with E-state index < -0.39 is 23.2 Å². The molecule has 0 unspecified atom stereocenters. The first-order valence-corrected chi connectivity index (χ1v) is 9.76. The highest BCUT2D eigenvalue weighted by Crippen LogP contribution is 2.33. The first kappa shape index (κ1) is 22.6. The van der Waals surface area contributed by atoms with Gasteiger partial charge in [0.25, 0.3) is 0 Å². The zero-order chi connectivity index (χ0) is 21.1. The molecule has 0 spiro atoms. The second-order valence-electron chi connectivity index (χ2n) is 6.49. The molecule has 0 aliphatic heterocycles. The fourth-order valence-electron chi connectivity index (χ4n) is 3.11. The normalized spacial score (nSPS) is 11.1. The van der Waals surface area contributed by atoms with Crippen molar-refractivity contribution in [2.75, 3.05) is 19.8 Å². The van der Waals surface area contributed by atoms with Crippen molar-refractivity contribution in [2.45, 2.75) is 38.7 Å². The molecule has 2 aromatic rings. The van der Waals surface area contributed by atoms with Crippen molar-refractivity contribution in [1.29, 1.82) is 0 Å². The predicted molar refractivity (Wildman–Crippen MR) is 107 cm³/mol. The van der Waals surface area contributed by atoms with Crippen LogP contribution in [0.1, 0.15) is 37.8 Å². The standard InChI is InChI=1S/C23H27FO5/c1-3-28-21(25)23(22(26)29-4-2,19-11-13-20(24)14-12-19)15-8-16-27-17-18-9-6-5-7-10-18/h5-7,9-14H,3-4,8,15-17H2,1-2H3. The van der Waals surface area contributed by atoms with Crippen LogP contribution in [0.3, 0.4) is 0 Å². The Balaban J connectivity index is 2.18. The Bertz CT molecular complexity index is 756. The number of ether oxygens (including phenoxy) is 3. The molecule has 0 heterocycles. The lowest BCUT2D eigenvalue weighted by molar-refractivity contribution is -0.165. The van der Waals surface area contributed by atoms with Gasteiger partial charge in [-0.3, -0.25) is 9.59 Å². The zero-order valence-electron chi connectivity index (χ0n) is 16.9. The van der Waals surface area contributed by atoms with E-state index in [9.17, 15) is 14.0 Å². The molecule has 29 heavy (non-hydrogen) atoms. The number of hydrogen-bond donors (Lipinski definition) is 0. The smallest absolute Gasteiger partial charge is 0.328 e. The lowest BCUT2D eigenvalue weighted by Gasteiger charge is -2.29. The molecule has 5 nitrogen and oxygen atoms in total. The van der Waals surface area contributed by atoms with Crippen molar-refractivity contribution in [1.82, 2.24) is 0 Å². The minimum absolute atomic E-state index is 0.117. The number of esters is 2. The Hall–Kier alpha value is -2.73. The van der Waals surface area contributed by atoms with Crippen LogP contribution < -0.4 is 0 Å². The van der Waals surface area contributed by atoms with Crippen LogP contribution in [-0.2, 0) is 35.8 Å². The van der Waals surface area contributed by atoms with E-state index in [2.05, 4.69) is 0 Å². The van der Waals surface area contributed by atoms with Crippen LogP contribution in [0.4, 0.5) is 4.39 Å². The first-order chi connectivity index (χ1) is 14.0. The monoisotopic (exact) mass is 402 g/mol. The van der Waals surface area contributed by atoms with Crippen LogP contribution in [0, 0.1) is 5.82 Å². The maximum atomic E-state index is 13.4.